The Morgan fingerprint density at radius 1 is 1.44 bits per heavy atom. The maximum atomic E-state index is 11.7. The lowest BCUT2D eigenvalue weighted by molar-refractivity contribution is 0.0298. The normalized spacial score (nSPS) is 11.1. The molecule has 1 heterocycles. The van der Waals surface area contributed by atoms with Gasteiger partial charge in [0.25, 0.3) is 0 Å². The highest BCUT2D eigenvalue weighted by molar-refractivity contribution is 7.11. The third-order valence-electron chi connectivity index (χ3n) is 2.09. The van der Waals surface area contributed by atoms with Crippen LogP contribution in [0.1, 0.15) is 36.9 Å². The average Bonchev–Trinajstić information content (AvgIpc) is 2.76. The van der Waals surface area contributed by atoms with Crippen molar-refractivity contribution < 1.29 is 14.3 Å². The summed E-state index contributed by atoms with van der Waals surface area (Å²) in [5.41, 5.74) is 1.10. The van der Waals surface area contributed by atoms with Crippen LogP contribution in [-0.4, -0.2) is 41.0 Å². The number of amides is 1. The van der Waals surface area contributed by atoms with Gasteiger partial charge in [0, 0.05) is 26.2 Å². The number of aromatic nitrogens is 1. The lowest BCUT2D eigenvalue weighted by Crippen LogP contribution is -2.35. The van der Waals surface area contributed by atoms with E-state index in [9.17, 15) is 9.59 Å². The molecule has 1 amide bonds. The largest absolute Gasteiger partial charge is 0.444 e. The maximum Gasteiger partial charge on any atom is 0.410 e. The van der Waals surface area contributed by atoms with Crippen molar-refractivity contribution in [1.82, 2.24) is 9.88 Å². The maximum absolute atomic E-state index is 11.7. The lowest BCUT2D eigenvalue weighted by atomic mass is 10.2. The van der Waals surface area contributed by atoms with Gasteiger partial charge in [-0.1, -0.05) is 0 Å². The summed E-state index contributed by atoms with van der Waals surface area (Å²) in [6, 6.07) is 0. The molecule has 0 aliphatic heterocycles. The second-order valence-corrected chi connectivity index (χ2v) is 5.83. The van der Waals surface area contributed by atoms with Crippen LogP contribution in [-0.2, 0) is 4.74 Å². The fourth-order valence-electron chi connectivity index (χ4n) is 1.18. The zero-order chi connectivity index (χ0) is 13.8. The van der Waals surface area contributed by atoms with Crippen molar-refractivity contribution in [2.24, 2.45) is 0 Å². The Bertz CT molecular complexity index is 409. The monoisotopic (exact) mass is 270 g/mol. The molecule has 100 valence electrons. The predicted octanol–water partition coefficient (Wildman–Crippen LogP) is 2.58. The Morgan fingerprint density at radius 3 is 2.61 bits per heavy atom. The number of nitrogens with zero attached hydrogens (tertiary/aromatic N) is 2. The van der Waals surface area contributed by atoms with Crippen molar-refractivity contribution >= 4 is 23.2 Å². The summed E-state index contributed by atoms with van der Waals surface area (Å²) in [5.74, 6) is -0.00657. The lowest BCUT2D eigenvalue weighted by Gasteiger charge is -2.24. The molecule has 0 unspecified atom stereocenters. The number of thiazole rings is 1. The molecular weight excluding hydrogens is 252 g/mol. The van der Waals surface area contributed by atoms with E-state index in [0.29, 0.717) is 11.4 Å². The van der Waals surface area contributed by atoms with E-state index in [0.717, 1.165) is 0 Å². The molecule has 0 aromatic carbocycles. The minimum atomic E-state index is -0.521. The van der Waals surface area contributed by atoms with Crippen molar-refractivity contribution in [2.75, 3.05) is 13.6 Å². The van der Waals surface area contributed by atoms with Crippen LogP contribution in [0.3, 0.4) is 0 Å². The molecule has 0 fully saturated rings. The summed E-state index contributed by atoms with van der Waals surface area (Å²) in [6.45, 7) is 5.76. The van der Waals surface area contributed by atoms with Crippen LogP contribution in [0, 0.1) is 0 Å². The van der Waals surface area contributed by atoms with E-state index >= 15 is 0 Å². The summed E-state index contributed by atoms with van der Waals surface area (Å²) in [5, 5.41) is 0. The van der Waals surface area contributed by atoms with E-state index < -0.39 is 11.7 Å². The fraction of sp³-hybridized carbons (Fsp3) is 0.583. The van der Waals surface area contributed by atoms with Crippen LogP contribution in [0.2, 0.25) is 0 Å². The number of hydrogen-bond donors (Lipinski definition) is 0. The van der Waals surface area contributed by atoms with Crippen LogP contribution < -0.4 is 0 Å². The van der Waals surface area contributed by atoms with Crippen molar-refractivity contribution in [3.63, 3.8) is 0 Å². The van der Waals surface area contributed by atoms with Crippen LogP contribution in [0.4, 0.5) is 4.79 Å². The molecule has 5 nitrogen and oxygen atoms in total. The average molecular weight is 270 g/mol. The first kappa shape index (κ1) is 14.6. The Morgan fingerprint density at radius 2 is 2.11 bits per heavy atom. The first-order valence-corrected chi connectivity index (χ1v) is 6.53. The Kier molecular flexibility index (Phi) is 4.84. The molecular formula is C12H18N2O3S. The minimum absolute atomic E-state index is 0.00657. The Labute approximate surface area is 111 Å². The van der Waals surface area contributed by atoms with Gasteiger partial charge < -0.3 is 9.64 Å². The van der Waals surface area contributed by atoms with Crippen molar-refractivity contribution in [1.29, 1.82) is 0 Å². The molecule has 0 aliphatic carbocycles. The van der Waals surface area contributed by atoms with E-state index in [1.165, 1.54) is 16.2 Å². The summed E-state index contributed by atoms with van der Waals surface area (Å²) < 4.78 is 5.19. The van der Waals surface area contributed by atoms with E-state index in [1.807, 2.05) is 0 Å². The third-order valence-corrected chi connectivity index (χ3v) is 2.90. The predicted molar refractivity (Wildman–Crippen MR) is 69.9 cm³/mol. The van der Waals surface area contributed by atoms with Gasteiger partial charge in [0.1, 0.15) is 5.60 Å². The second kappa shape index (κ2) is 5.95. The van der Waals surface area contributed by atoms with Crippen LogP contribution in [0.5, 0.6) is 0 Å². The van der Waals surface area contributed by atoms with Gasteiger partial charge in [-0.05, 0) is 20.8 Å². The number of carbonyl (C=O) groups is 2. The van der Waals surface area contributed by atoms with E-state index in [-0.39, 0.29) is 12.2 Å². The van der Waals surface area contributed by atoms with E-state index in [2.05, 4.69) is 4.98 Å². The quantitative estimate of drug-likeness (QED) is 0.789. The molecule has 0 bridgehead atoms. The molecule has 18 heavy (non-hydrogen) atoms. The number of carbonyl (C=O) groups excluding carboxylic acids is 2. The molecule has 0 spiro atoms. The SMILES string of the molecule is CN(CCC(=O)c1cncs1)C(=O)OC(C)(C)C. The molecule has 1 aromatic heterocycles. The van der Waals surface area contributed by atoms with Gasteiger partial charge in [-0.2, -0.15) is 0 Å². The summed E-state index contributed by atoms with van der Waals surface area (Å²) in [7, 11) is 1.62. The van der Waals surface area contributed by atoms with Gasteiger partial charge in [-0.3, -0.25) is 9.78 Å². The highest BCUT2D eigenvalue weighted by atomic mass is 32.1. The van der Waals surface area contributed by atoms with Gasteiger partial charge >= 0.3 is 6.09 Å². The molecule has 0 N–H and O–H groups in total. The minimum Gasteiger partial charge on any atom is -0.444 e. The van der Waals surface area contributed by atoms with Crippen molar-refractivity contribution in [2.45, 2.75) is 32.8 Å². The van der Waals surface area contributed by atoms with E-state index in [1.54, 1.807) is 39.5 Å². The van der Waals surface area contributed by atoms with Gasteiger partial charge in [-0.25, -0.2) is 4.79 Å². The standard InChI is InChI=1S/C12H18N2O3S/c1-12(2,3)17-11(16)14(4)6-5-9(15)10-7-13-8-18-10/h7-8H,5-6H2,1-4H3. The second-order valence-electron chi connectivity index (χ2n) is 4.94. The highest BCUT2D eigenvalue weighted by Crippen LogP contribution is 2.11. The molecule has 0 saturated carbocycles. The number of hydrogen-bond acceptors (Lipinski definition) is 5. The number of ketones is 1. The van der Waals surface area contributed by atoms with Gasteiger partial charge in [0.05, 0.1) is 10.4 Å². The van der Waals surface area contributed by atoms with Crippen LogP contribution >= 0.6 is 11.3 Å². The molecule has 0 aliphatic rings. The molecule has 0 saturated heterocycles. The number of rotatable bonds is 4. The molecule has 6 heteroatoms. The summed E-state index contributed by atoms with van der Waals surface area (Å²) >= 11 is 1.31. The first-order chi connectivity index (χ1) is 8.29. The third kappa shape index (κ3) is 4.83. The highest BCUT2D eigenvalue weighted by Gasteiger charge is 2.20. The van der Waals surface area contributed by atoms with Gasteiger partial charge in [-0.15, -0.1) is 11.3 Å². The summed E-state index contributed by atoms with van der Waals surface area (Å²) in [6.07, 6.45) is 1.40. The van der Waals surface area contributed by atoms with E-state index in [4.69, 9.17) is 4.74 Å². The molecule has 1 rings (SSSR count). The Balaban J connectivity index is 2.39. The zero-order valence-electron chi connectivity index (χ0n) is 11.1. The number of ether oxygens (including phenoxy) is 1. The van der Waals surface area contributed by atoms with Crippen molar-refractivity contribution in [3.05, 3.63) is 16.6 Å². The van der Waals surface area contributed by atoms with Crippen LogP contribution in [0.25, 0.3) is 0 Å². The Hall–Kier alpha value is -1.43. The molecule has 0 atom stereocenters. The van der Waals surface area contributed by atoms with Crippen molar-refractivity contribution in [3.8, 4) is 0 Å². The van der Waals surface area contributed by atoms with Gasteiger partial charge in [0.15, 0.2) is 5.78 Å². The summed E-state index contributed by atoms with van der Waals surface area (Å²) in [4.78, 5) is 29.2. The smallest absolute Gasteiger partial charge is 0.410 e. The van der Waals surface area contributed by atoms with Crippen LogP contribution in [0.15, 0.2) is 11.7 Å². The fourth-order valence-corrected chi connectivity index (χ4v) is 1.77. The van der Waals surface area contributed by atoms with Gasteiger partial charge in [0.2, 0.25) is 0 Å². The number of Topliss-reactive ketones (excluding diaryl/α,β-unsaturated/α-hetero) is 1. The first-order valence-electron chi connectivity index (χ1n) is 5.65. The molecule has 1 aromatic rings. The molecule has 0 radical (unpaired) electrons. The topological polar surface area (TPSA) is 59.5 Å². The zero-order valence-corrected chi connectivity index (χ0v) is 11.9.